The Bertz CT molecular complexity index is 412. The minimum atomic E-state index is 0.174. The maximum atomic E-state index is 12.5. The molecule has 0 spiro atoms. The van der Waals surface area contributed by atoms with E-state index in [0.29, 0.717) is 25.4 Å². The van der Waals surface area contributed by atoms with E-state index in [9.17, 15) is 4.79 Å². The number of carbonyl (C=O) groups is 1. The van der Waals surface area contributed by atoms with E-state index in [0.717, 1.165) is 12.1 Å². The molecule has 3 nitrogen and oxygen atoms in total. The van der Waals surface area contributed by atoms with Crippen LogP contribution in [0.3, 0.4) is 0 Å². The van der Waals surface area contributed by atoms with Crippen LogP contribution in [0.2, 0.25) is 0 Å². The van der Waals surface area contributed by atoms with Gasteiger partial charge in [-0.15, -0.1) is 0 Å². The fourth-order valence-electron chi connectivity index (χ4n) is 2.51. The fourth-order valence-corrected chi connectivity index (χ4v) is 2.51. The molecule has 1 aromatic rings. The van der Waals surface area contributed by atoms with Crippen molar-refractivity contribution >= 4 is 11.6 Å². The van der Waals surface area contributed by atoms with E-state index in [1.54, 1.807) is 0 Å². The van der Waals surface area contributed by atoms with Crippen LogP contribution in [0.4, 0.5) is 5.69 Å². The molecule has 1 rings (SSSR count). The Morgan fingerprint density at radius 2 is 1.85 bits per heavy atom. The lowest BCUT2D eigenvalue weighted by atomic mass is 9.93. The van der Waals surface area contributed by atoms with Crippen molar-refractivity contribution in [1.82, 2.24) is 0 Å². The number of aryl methyl sites for hydroxylation is 1. The van der Waals surface area contributed by atoms with Crippen molar-refractivity contribution in [3.8, 4) is 0 Å². The largest absolute Gasteiger partial charge is 0.330 e. The highest BCUT2D eigenvalue weighted by Crippen LogP contribution is 2.20. The molecule has 0 aromatic heterocycles. The smallest absolute Gasteiger partial charge is 0.227 e. The quantitative estimate of drug-likeness (QED) is 0.830. The predicted molar refractivity (Wildman–Crippen MR) is 85.8 cm³/mol. The van der Waals surface area contributed by atoms with Crippen LogP contribution in [-0.4, -0.2) is 19.0 Å². The number of benzene rings is 1. The molecule has 20 heavy (non-hydrogen) atoms. The first-order valence-corrected chi connectivity index (χ1v) is 7.55. The Hall–Kier alpha value is -1.35. The Kier molecular flexibility index (Phi) is 6.73. The molecule has 3 heteroatoms. The molecule has 1 atom stereocenters. The number of rotatable bonds is 7. The van der Waals surface area contributed by atoms with Gasteiger partial charge in [0.25, 0.3) is 0 Å². The molecular formula is C17H28N2O. The standard InChI is InChI=1S/C17H28N2O/c1-5-19(16-8-6-14(4)7-9-16)17(20)11-15(12-18)10-13(2)3/h6-9,13,15H,5,10-12,18H2,1-4H3/t15-/m0/s1. The highest BCUT2D eigenvalue weighted by atomic mass is 16.2. The predicted octanol–water partition coefficient (Wildman–Crippen LogP) is 3.36. The molecule has 2 N–H and O–H groups in total. The molecule has 0 saturated carbocycles. The maximum absolute atomic E-state index is 12.5. The molecule has 0 fully saturated rings. The first kappa shape index (κ1) is 16.7. The summed E-state index contributed by atoms with van der Waals surface area (Å²) in [5.74, 6) is 1.03. The third-order valence-corrected chi connectivity index (χ3v) is 3.56. The summed E-state index contributed by atoms with van der Waals surface area (Å²) in [5.41, 5.74) is 7.98. The number of anilines is 1. The molecule has 0 unspecified atom stereocenters. The fraction of sp³-hybridized carbons (Fsp3) is 0.588. The van der Waals surface area contributed by atoms with E-state index in [1.165, 1.54) is 5.56 Å². The number of amides is 1. The highest BCUT2D eigenvalue weighted by molar-refractivity contribution is 5.93. The van der Waals surface area contributed by atoms with Gasteiger partial charge in [-0.1, -0.05) is 31.5 Å². The summed E-state index contributed by atoms with van der Waals surface area (Å²) < 4.78 is 0. The molecule has 0 saturated heterocycles. The average Bonchev–Trinajstić information content (AvgIpc) is 2.40. The minimum absolute atomic E-state index is 0.174. The van der Waals surface area contributed by atoms with Gasteiger partial charge in [-0.25, -0.2) is 0 Å². The minimum Gasteiger partial charge on any atom is -0.330 e. The van der Waals surface area contributed by atoms with Crippen molar-refractivity contribution in [3.63, 3.8) is 0 Å². The van der Waals surface area contributed by atoms with Gasteiger partial charge in [-0.3, -0.25) is 4.79 Å². The van der Waals surface area contributed by atoms with E-state index in [1.807, 2.05) is 36.1 Å². The van der Waals surface area contributed by atoms with Crippen LogP contribution in [0.5, 0.6) is 0 Å². The third-order valence-electron chi connectivity index (χ3n) is 3.56. The van der Waals surface area contributed by atoms with Crippen molar-refractivity contribution in [2.75, 3.05) is 18.0 Å². The highest BCUT2D eigenvalue weighted by Gasteiger charge is 2.19. The molecule has 0 bridgehead atoms. The molecule has 112 valence electrons. The lowest BCUT2D eigenvalue weighted by Crippen LogP contribution is -2.33. The topological polar surface area (TPSA) is 46.3 Å². The molecule has 0 aliphatic carbocycles. The van der Waals surface area contributed by atoms with Gasteiger partial charge in [0, 0.05) is 18.7 Å². The third kappa shape index (κ3) is 4.97. The van der Waals surface area contributed by atoms with Gasteiger partial charge in [0.05, 0.1) is 0 Å². The monoisotopic (exact) mass is 276 g/mol. The summed E-state index contributed by atoms with van der Waals surface area (Å²) in [6, 6.07) is 8.10. The maximum Gasteiger partial charge on any atom is 0.227 e. The first-order chi connectivity index (χ1) is 9.47. The number of nitrogens with zero attached hydrogens (tertiary/aromatic N) is 1. The summed E-state index contributed by atoms with van der Waals surface area (Å²) in [4.78, 5) is 14.3. The van der Waals surface area contributed by atoms with Crippen molar-refractivity contribution in [2.24, 2.45) is 17.6 Å². The van der Waals surface area contributed by atoms with Gasteiger partial charge < -0.3 is 10.6 Å². The lowest BCUT2D eigenvalue weighted by Gasteiger charge is -2.24. The van der Waals surface area contributed by atoms with E-state index in [4.69, 9.17) is 5.73 Å². The molecule has 0 aliphatic rings. The van der Waals surface area contributed by atoms with E-state index >= 15 is 0 Å². The summed E-state index contributed by atoms with van der Waals surface area (Å²) in [5, 5.41) is 0. The first-order valence-electron chi connectivity index (χ1n) is 7.55. The zero-order valence-electron chi connectivity index (χ0n) is 13.2. The Balaban J connectivity index is 2.73. The zero-order chi connectivity index (χ0) is 15.1. The summed E-state index contributed by atoms with van der Waals surface area (Å²) >= 11 is 0. The molecular weight excluding hydrogens is 248 g/mol. The number of hydrogen-bond acceptors (Lipinski definition) is 2. The summed E-state index contributed by atoms with van der Waals surface area (Å²) in [6.45, 7) is 9.68. The number of nitrogens with two attached hydrogens (primary N) is 1. The van der Waals surface area contributed by atoms with Crippen molar-refractivity contribution in [2.45, 2.75) is 40.5 Å². The lowest BCUT2D eigenvalue weighted by molar-refractivity contribution is -0.119. The van der Waals surface area contributed by atoms with Crippen LogP contribution < -0.4 is 10.6 Å². The average molecular weight is 276 g/mol. The summed E-state index contributed by atoms with van der Waals surface area (Å²) in [7, 11) is 0. The SMILES string of the molecule is CCN(C(=O)C[C@@H](CN)CC(C)C)c1ccc(C)cc1. The molecule has 1 amide bonds. The van der Waals surface area contributed by atoms with Crippen LogP contribution >= 0.6 is 0 Å². The second-order valence-electron chi connectivity index (χ2n) is 5.91. The molecule has 0 aliphatic heterocycles. The van der Waals surface area contributed by atoms with Gasteiger partial charge in [-0.05, 0) is 50.8 Å². The van der Waals surface area contributed by atoms with Gasteiger partial charge in [-0.2, -0.15) is 0 Å². The Labute approximate surface area is 123 Å². The van der Waals surface area contributed by atoms with E-state index in [-0.39, 0.29) is 11.8 Å². The molecule has 0 heterocycles. The van der Waals surface area contributed by atoms with Crippen LogP contribution in [-0.2, 0) is 4.79 Å². The van der Waals surface area contributed by atoms with E-state index < -0.39 is 0 Å². The van der Waals surface area contributed by atoms with Crippen molar-refractivity contribution in [3.05, 3.63) is 29.8 Å². The van der Waals surface area contributed by atoms with Crippen LogP contribution in [0.25, 0.3) is 0 Å². The number of hydrogen-bond donors (Lipinski definition) is 1. The second-order valence-corrected chi connectivity index (χ2v) is 5.91. The Morgan fingerprint density at radius 1 is 1.25 bits per heavy atom. The molecule has 0 radical (unpaired) electrons. The van der Waals surface area contributed by atoms with Crippen molar-refractivity contribution in [1.29, 1.82) is 0 Å². The van der Waals surface area contributed by atoms with Gasteiger partial charge in [0.15, 0.2) is 0 Å². The molecule has 1 aromatic carbocycles. The van der Waals surface area contributed by atoms with Crippen LogP contribution in [0, 0.1) is 18.8 Å². The van der Waals surface area contributed by atoms with Crippen molar-refractivity contribution < 1.29 is 4.79 Å². The normalized spacial score (nSPS) is 12.5. The van der Waals surface area contributed by atoms with Crippen LogP contribution in [0.1, 0.15) is 39.2 Å². The summed E-state index contributed by atoms with van der Waals surface area (Å²) in [6.07, 6.45) is 1.55. The second kappa shape index (κ2) is 8.05. The zero-order valence-corrected chi connectivity index (χ0v) is 13.2. The van der Waals surface area contributed by atoms with Gasteiger partial charge in [0.2, 0.25) is 5.91 Å². The number of carbonyl (C=O) groups excluding carboxylic acids is 1. The van der Waals surface area contributed by atoms with E-state index in [2.05, 4.69) is 20.8 Å². The van der Waals surface area contributed by atoms with Gasteiger partial charge in [0.1, 0.15) is 0 Å². The van der Waals surface area contributed by atoms with Gasteiger partial charge >= 0.3 is 0 Å². The van der Waals surface area contributed by atoms with Crippen LogP contribution in [0.15, 0.2) is 24.3 Å². The Morgan fingerprint density at radius 3 is 2.30 bits per heavy atom.